The molecule has 0 saturated carbocycles. The molecule has 0 aromatic heterocycles. The maximum Gasteiger partial charge on any atom is 0.0594 e. The number of nitrogens with zero attached hydrogens (tertiary/aromatic N) is 4. The summed E-state index contributed by atoms with van der Waals surface area (Å²) in [6, 6.07) is 1.48. The summed E-state index contributed by atoms with van der Waals surface area (Å²) in [6.07, 6.45) is 2.45. The first-order valence-corrected chi connectivity index (χ1v) is 11.4. The Kier molecular flexibility index (Phi) is 9.94. The van der Waals surface area contributed by atoms with Crippen molar-refractivity contribution >= 4 is 0 Å². The Hall–Kier alpha value is -0.280. The largest absolute Gasteiger partial charge is 0.383 e. The van der Waals surface area contributed by atoms with E-state index < -0.39 is 0 Å². The predicted molar refractivity (Wildman–Crippen MR) is 112 cm³/mol. The van der Waals surface area contributed by atoms with Crippen molar-refractivity contribution < 1.29 is 14.2 Å². The van der Waals surface area contributed by atoms with E-state index in [0.29, 0.717) is 0 Å². The standard InChI is InChI=1S/C21H42N4O3/c1-3-12-27-15-10-24-18-21-17-20(24)19-25(21)11-16-28-14-9-23-6-4-22(5-7-23)8-13-26-2/h20-21H,3-19H2,1-2H3/t20-,21?/m0/s1. The molecule has 2 bridgehead atoms. The van der Waals surface area contributed by atoms with Crippen LogP contribution in [0.5, 0.6) is 0 Å². The SMILES string of the molecule is CCCOCCN1CC2C[C@H]1CN2CCOCCN1CCN(CCOC)CC1. The van der Waals surface area contributed by atoms with Gasteiger partial charge in [0.25, 0.3) is 0 Å². The lowest BCUT2D eigenvalue weighted by Crippen LogP contribution is -2.48. The summed E-state index contributed by atoms with van der Waals surface area (Å²) in [7, 11) is 1.78. The van der Waals surface area contributed by atoms with Crippen LogP contribution < -0.4 is 0 Å². The molecular weight excluding hydrogens is 356 g/mol. The quantitative estimate of drug-likeness (QED) is 0.394. The second-order valence-corrected chi connectivity index (χ2v) is 8.43. The number of likely N-dealkylation sites (tertiary alicyclic amines) is 2. The fourth-order valence-corrected chi connectivity index (χ4v) is 4.74. The first kappa shape index (κ1) is 22.4. The van der Waals surface area contributed by atoms with Crippen LogP contribution in [0, 0.1) is 0 Å². The minimum Gasteiger partial charge on any atom is -0.383 e. The van der Waals surface area contributed by atoms with Crippen LogP contribution >= 0.6 is 0 Å². The van der Waals surface area contributed by atoms with Gasteiger partial charge in [-0.2, -0.15) is 0 Å². The Morgan fingerprint density at radius 3 is 1.68 bits per heavy atom. The molecule has 0 N–H and O–H groups in total. The monoisotopic (exact) mass is 398 g/mol. The van der Waals surface area contributed by atoms with Gasteiger partial charge >= 0.3 is 0 Å². The third kappa shape index (κ3) is 6.90. The average Bonchev–Trinajstić information content (AvgIpc) is 3.30. The number of rotatable bonds is 14. The number of methoxy groups -OCH3 is 1. The van der Waals surface area contributed by atoms with Crippen LogP contribution in [0.3, 0.4) is 0 Å². The van der Waals surface area contributed by atoms with E-state index in [1.807, 2.05) is 0 Å². The maximum absolute atomic E-state index is 5.97. The normalized spacial score (nSPS) is 27.2. The van der Waals surface area contributed by atoms with Crippen LogP contribution in [-0.4, -0.2) is 137 Å². The van der Waals surface area contributed by atoms with E-state index in [2.05, 4.69) is 26.5 Å². The molecule has 3 saturated heterocycles. The number of piperazine rings is 2. The number of fused-ring (bicyclic) bond motifs is 2. The van der Waals surface area contributed by atoms with Crippen LogP contribution in [0.2, 0.25) is 0 Å². The van der Waals surface area contributed by atoms with Gasteiger partial charge in [0.2, 0.25) is 0 Å². The molecule has 0 aliphatic carbocycles. The van der Waals surface area contributed by atoms with E-state index in [0.717, 1.165) is 104 Å². The van der Waals surface area contributed by atoms with Crippen molar-refractivity contribution in [3.05, 3.63) is 0 Å². The maximum atomic E-state index is 5.97. The summed E-state index contributed by atoms with van der Waals surface area (Å²) in [5, 5.41) is 0. The Labute approximate surface area is 171 Å². The van der Waals surface area contributed by atoms with Crippen molar-refractivity contribution in [2.45, 2.75) is 31.8 Å². The molecule has 3 aliphatic rings. The van der Waals surface area contributed by atoms with E-state index in [1.54, 1.807) is 7.11 Å². The van der Waals surface area contributed by atoms with Crippen molar-refractivity contribution in [2.24, 2.45) is 0 Å². The van der Waals surface area contributed by atoms with Gasteiger partial charge in [0.15, 0.2) is 0 Å². The van der Waals surface area contributed by atoms with Gasteiger partial charge in [-0.05, 0) is 12.8 Å². The minimum atomic E-state index is 0.736. The molecular formula is C21H42N4O3. The van der Waals surface area contributed by atoms with Gasteiger partial charge in [0.05, 0.1) is 26.4 Å². The van der Waals surface area contributed by atoms with E-state index in [4.69, 9.17) is 14.2 Å². The first-order chi connectivity index (χ1) is 13.8. The highest BCUT2D eigenvalue weighted by Gasteiger charge is 2.42. The smallest absolute Gasteiger partial charge is 0.0594 e. The zero-order chi connectivity index (χ0) is 19.6. The van der Waals surface area contributed by atoms with Crippen molar-refractivity contribution in [1.29, 1.82) is 0 Å². The minimum absolute atomic E-state index is 0.736. The third-order valence-electron chi connectivity index (χ3n) is 6.49. The van der Waals surface area contributed by atoms with Gasteiger partial charge in [-0.25, -0.2) is 0 Å². The van der Waals surface area contributed by atoms with Gasteiger partial charge in [0, 0.05) is 91.2 Å². The molecule has 0 amide bonds. The lowest BCUT2D eigenvalue weighted by atomic mass is 10.2. The molecule has 1 unspecified atom stereocenters. The van der Waals surface area contributed by atoms with Gasteiger partial charge in [0.1, 0.15) is 0 Å². The summed E-state index contributed by atoms with van der Waals surface area (Å²) in [5.41, 5.74) is 0. The van der Waals surface area contributed by atoms with Crippen LogP contribution in [0.25, 0.3) is 0 Å². The second-order valence-electron chi connectivity index (χ2n) is 8.43. The molecule has 3 aliphatic heterocycles. The first-order valence-electron chi connectivity index (χ1n) is 11.4. The van der Waals surface area contributed by atoms with Crippen molar-refractivity contribution in [1.82, 2.24) is 19.6 Å². The molecule has 0 radical (unpaired) electrons. The Morgan fingerprint density at radius 2 is 1.18 bits per heavy atom. The highest BCUT2D eigenvalue weighted by Crippen LogP contribution is 2.29. The molecule has 0 aromatic carbocycles. The Balaban J connectivity index is 1.18. The topological polar surface area (TPSA) is 40.7 Å². The molecule has 7 nitrogen and oxygen atoms in total. The van der Waals surface area contributed by atoms with E-state index in [9.17, 15) is 0 Å². The molecule has 28 heavy (non-hydrogen) atoms. The zero-order valence-corrected chi connectivity index (χ0v) is 18.2. The van der Waals surface area contributed by atoms with E-state index >= 15 is 0 Å². The van der Waals surface area contributed by atoms with Gasteiger partial charge in [-0.15, -0.1) is 0 Å². The molecule has 0 spiro atoms. The summed E-state index contributed by atoms with van der Waals surface area (Å²) in [4.78, 5) is 10.3. The van der Waals surface area contributed by atoms with Crippen LogP contribution in [0.1, 0.15) is 19.8 Å². The van der Waals surface area contributed by atoms with Gasteiger partial charge < -0.3 is 14.2 Å². The van der Waals surface area contributed by atoms with Crippen molar-refractivity contribution in [3.63, 3.8) is 0 Å². The number of hydrogen-bond donors (Lipinski definition) is 0. The fourth-order valence-electron chi connectivity index (χ4n) is 4.74. The average molecular weight is 399 g/mol. The van der Waals surface area contributed by atoms with Crippen LogP contribution in [-0.2, 0) is 14.2 Å². The molecule has 7 heteroatoms. The second kappa shape index (κ2) is 12.4. The highest BCUT2D eigenvalue weighted by atomic mass is 16.5. The lowest BCUT2D eigenvalue weighted by Gasteiger charge is -2.35. The summed E-state index contributed by atoms with van der Waals surface area (Å²) >= 11 is 0. The fraction of sp³-hybridized carbons (Fsp3) is 1.00. The zero-order valence-electron chi connectivity index (χ0n) is 18.2. The van der Waals surface area contributed by atoms with E-state index in [1.165, 1.54) is 19.5 Å². The number of ether oxygens (including phenoxy) is 3. The van der Waals surface area contributed by atoms with Crippen molar-refractivity contribution in [3.8, 4) is 0 Å². The molecule has 2 atom stereocenters. The highest BCUT2D eigenvalue weighted by molar-refractivity contribution is 4.99. The van der Waals surface area contributed by atoms with E-state index in [-0.39, 0.29) is 0 Å². The lowest BCUT2D eigenvalue weighted by molar-refractivity contribution is 0.0415. The third-order valence-corrected chi connectivity index (χ3v) is 6.49. The Bertz CT molecular complexity index is 420. The van der Waals surface area contributed by atoms with Gasteiger partial charge in [-0.1, -0.05) is 6.92 Å². The van der Waals surface area contributed by atoms with Crippen LogP contribution in [0.4, 0.5) is 0 Å². The Morgan fingerprint density at radius 1 is 0.679 bits per heavy atom. The van der Waals surface area contributed by atoms with Gasteiger partial charge in [-0.3, -0.25) is 19.6 Å². The molecule has 0 aromatic rings. The summed E-state index contributed by atoms with van der Waals surface area (Å²) in [6.45, 7) is 17.9. The number of hydrogen-bond acceptors (Lipinski definition) is 7. The molecule has 3 fully saturated rings. The van der Waals surface area contributed by atoms with Crippen molar-refractivity contribution in [2.75, 3.05) is 106 Å². The van der Waals surface area contributed by atoms with Crippen LogP contribution in [0.15, 0.2) is 0 Å². The predicted octanol–water partition coefficient (Wildman–Crippen LogP) is 0.452. The molecule has 164 valence electrons. The summed E-state index contributed by atoms with van der Waals surface area (Å²) in [5.74, 6) is 0. The molecule has 3 heterocycles. The molecule has 3 rings (SSSR count). The summed E-state index contributed by atoms with van der Waals surface area (Å²) < 4.78 is 16.8.